The summed E-state index contributed by atoms with van der Waals surface area (Å²) in [4.78, 5) is 5.06. The third-order valence-corrected chi connectivity index (χ3v) is 13.2. The molecule has 2 aliphatic rings. The fraction of sp³-hybridized carbons (Fsp3) is 0.0345. The van der Waals surface area contributed by atoms with Crippen molar-refractivity contribution in [2.45, 2.75) is 12.3 Å². The molecule has 2 heteroatoms. The molecule has 11 aromatic carbocycles. The molecule has 0 heterocycles. The summed E-state index contributed by atoms with van der Waals surface area (Å²) < 4.78 is 0. The average Bonchev–Trinajstić information content (AvgIpc) is 3.32. The molecule has 280 valence electrons. The third kappa shape index (κ3) is 4.76. The monoisotopic (exact) mass is 762 g/mol. The summed E-state index contributed by atoms with van der Waals surface area (Å²) in [7, 11) is 0. The van der Waals surface area contributed by atoms with E-state index < -0.39 is 0 Å². The van der Waals surface area contributed by atoms with Gasteiger partial charge in [-0.1, -0.05) is 176 Å². The lowest BCUT2D eigenvalue weighted by Gasteiger charge is -2.34. The van der Waals surface area contributed by atoms with Gasteiger partial charge in [-0.2, -0.15) is 0 Å². The summed E-state index contributed by atoms with van der Waals surface area (Å²) in [5.74, 6) is 0.395. The van der Waals surface area contributed by atoms with Crippen LogP contribution < -0.4 is 20.2 Å². The van der Waals surface area contributed by atoms with Crippen molar-refractivity contribution in [3.05, 3.63) is 216 Å². The number of nitrogens with zero attached hydrogens (tertiary/aromatic N) is 2. The van der Waals surface area contributed by atoms with Gasteiger partial charge in [0.05, 0.1) is 22.7 Å². The zero-order chi connectivity index (χ0) is 39.3. The Labute approximate surface area is 347 Å². The number of rotatable bonds is 6. The molecular formula is C58H38N2. The molecule has 0 spiro atoms. The van der Waals surface area contributed by atoms with Crippen LogP contribution in [0, 0.1) is 0 Å². The number of benzene rings is 11. The van der Waals surface area contributed by atoms with E-state index in [0.29, 0.717) is 5.92 Å². The number of hydrogen-bond donors (Lipinski definition) is 0. The van der Waals surface area contributed by atoms with Gasteiger partial charge in [0, 0.05) is 49.6 Å². The van der Waals surface area contributed by atoms with Gasteiger partial charge in [-0.05, 0) is 91.1 Å². The summed E-state index contributed by atoms with van der Waals surface area (Å²) in [6.07, 6.45) is 10.4. The van der Waals surface area contributed by atoms with Gasteiger partial charge in [-0.15, -0.1) is 0 Å². The maximum Gasteiger partial charge on any atom is 0.0620 e. The highest BCUT2D eigenvalue weighted by atomic mass is 15.2. The molecule has 13 rings (SSSR count). The maximum atomic E-state index is 2.54. The van der Waals surface area contributed by atoms with E-state index in [2.05, 4.69) is 222 Å². The predicted octanol–water partition coefficient (Wildman–Crippen LogP) is 14.6. The van der Waals surface area contributed by atoms with Gasteiger partial charge in [0.2, 0.25) is 0 Å². The molecule has 0 radical (unpaired) electrons. The van der Waals surface area contributed by atoms with E-state index in [1.165, 1.54) is 97.7 Å². The van der Waals surface area contributed by atoms with Crippen LogP contribution in [0.2, 0.25) is 0 Å². The molecular weight excluding hydrogens is 725 g/mol. The van der Waals surface area contributed by atoms with Gasteiger partial charge in [0.15, 0.2) is 0 Å². The van der Waals surface area contributed by atoms with Crippen molar-refractivity contribution in [2.24, 2.45) is 0 Å². The van der Waals surface area contributed by atoms with Gasteiger partial charge >= 0.3 is 0 Å². The van der Waals surface area contributed by atoms with Crippen LogP contribution in [0.25, 0.3) is 76.8 Å². The molecule has 2 nitrogen and oxygen atoms in total. The lowest BCUT2D eigenvalue weighted by Crippen LogP contribution is -2.24. The molecule has 1 unspecified atom stereocenters. The second-order valence-corrected chi connectivity index (χ2v) is 16.3. The fourth-order valence-electron chi connectivity index (χ4n) is 10.7. The maximum absolute atomic E-state index is 2.54. The molecule has 0 bridgehead atoms. The zero-order valence-corrected chi connectivity index (χ0v) is 32.9. The van der Waals surface area contributed by atoms with E-state index in [1.807, 2.05) is 0 Å². The van der Waals surface area contributed by atoms with Crippen LogP contribution >= 0.6 is 0 Å². The van der Waals surface area contributed by atoms with Crippen LogP contribution in [0.5, 0.6) is 0 Å². The third-order valence-electron chi connectivity index (χ3n) is 13.2. The second-order valence-electron chi connectivity index (χ2n) is 16.3. The molecule has 0 aliphatic heterocycles. The Morgan fingerprint density at radius 1 is 0.367 bits per heavy atom. The van der Waals surface area contributed by atoms with Crippen LogP contribution in [-0.4, -0.2) is 0 Å². The van der Waals surface area contributed by atoms with E-state index in [0.717, 1.165) is 23.5 Å². The molecule has 0 saturated heterocycles. The second kappa shape index (κ2) is 12.9. The van der Waals surface area contributed by atoms with E-state index in [4.69, 9.17) is 0 Å². The van der Waals surface area contributed by atoms with Crippen molar-refractivity contribution < 1.29 is 0 Å². The molecule has 0 N–H and O–H groups in total. The Kier molecular flexibility index (Phi) is 7.17. The molecule has 0 amide bonds. The standard InChI is InChI=1S/C58H38N2/c1-3-17-43(18-4-1)59(51-35-31-41-27-25-37-13-11-15-39-29-33-49(51)55(41)53(37)39)57-45-21-7-9-23-47(45)58(48-24-10-8-22-46(48)57)60(44-19-5-2-6-20-44)52-36-32-42-28-26-38-14-12-16-40-30-34-50(52)56(42)54(38)40/h1-25,27-36,38H,26H2. The molecule has 0 fully saturated rings. The van der Waals surface area contributed by atoms with Gasteiger partial charge in [0.25, 0.3) is 0 Å². The van der Waals surface area contributed by atoms with Crippen molar-refractivity contribution in [1.82, 2.24) is 0 Å². The summed E-state index contributed by atoms with van der Waals surface area (Å²) in [6.45, 7) is 0. The van der Waals surface area contributed by atoms with Crippen molar-refractivity contribution in [1.29, 1.82) is 0 Å². The van der Waals surface area contributed by atoms with Crippen molar-refractivity contribution in [3.8, 4) is 0 Å². The van der Waals surface area contributed by atoms with Crippen molar-refractivity contribution in [3.63, 3.8) is 0 Å². The molecule has 2 aliphatic carbocycles. The number of anilines is 6. The van der Waals surface area contributed by atoms with Crippen LogP contribution in [0.3, 0.4) is 0 Å². The zero-order valence-electron chi connectivity index (χ0n) is 32.9. The Hall–Kier alpha value is -7.68. The lowest BCUT2D eigenvalue weighted by atomic mass is 9.82. The van der Waals surface area contributed by atoms with Gasteiger partial charge < -0.3 is 9.80 Å². The highest BCUT2D eigenvalue weighted by molar-refractivity contribution is 6.28. The summed E-state index contributed by atoms with van der Waals surface area (Å²) in [6, 6.07) is 69.9. The predicted molar refractivity (Wildman–Crippen MR) is 257 cm³/mol. The Morgan fingerprint density at radius 3 is 1.47 bits per heavy atom. The van der Waals surface area contributed by atoms with Crippen LogP contribution in [-0.2, 0) is 0 Å². The van der Waals surface area contributed by atoms with E-state index in [1.54, 1.807) is 0 Å². The van der Waals surface area contributed by atoms with Crippen LogP contribution in [0.1, 0.15) is 17.9 Å². The Balaban J connectivity index is 1.15. The lowest BCUT2D eigenvalue weighted by molar-refractivity contribution is 0.877. The summed E-state index contributed by atoms with van der Waals surface area (Å²) in [5.41, 5.74) is 8.39. The van der Waals surface area contributed by atoms with Crippen LogP contribution in [0.15, 0.2) is 200 Å². The minimum Gasteiger partial charge on any atom is -0.309 e. The van der Waals surface area contributed by atoms with Gasteiger partial charge in [-0.25, -0.2) is 0 Å². The van der Waals surface area contributed by atoms with E-state index >= 15 is 0 Å². The minimum atomic E-state index is 0.395. The van der Waals surface area contributed by atoms with Crippen molar-refractivity contribution >= 4 is 111 Å². The van der Waals surface area contributed by atoms with E-state index in [9.17, 15) is 0 Å². The minimum absolute atomic E-state index is 0.395. The molecule has 0 aromatic heterocycles. The quantitative estimate of drug-likeness (QED) is 0.0946. The summed E-state index contributed by atoms with van der Waals surface area (Å²) >= 11 is 0. The largest absolute Gasteiger partial charge is 0.309 e. The van der Waals surface area contributed by atoms with Gasteiger partial charge in [0.1, 0.15) is 0 Å². The smallest absolute Gasteiger partial charge is 0.0620 e. The van der Waals surface area contributed by atoms with Gasteiger partial charge in [-0.3, -0.25) is 0 Å². The number of allylic oxidation sites excluding steroid dienone is 2. The first kappa shape index (κ1) is 33.3. The highest BCUT2D eigenvalue weighted by Gasteiger charge is 2.28. The summed E-state index contributed by atoms with van der Waals surface area (Å²) in [5, 5.41) is 17.7. The number of fused-ring (bicyclic) bond motifs is 2. The topological polar surface area (TPSA) is 6.48 Å². The normalized spacial score (nSPS) is 14.3. The molecule has 0 saturated carbocycles. The first-order chi connectivity index (χ1) is 29.8. The molecule has 11 aromatic rings. The highest BCUT2D eigenvalue weighted by Crippen LogP contribution is 2.53. The Morgan fingerprint density at radius 2 is 0.850 bits per heavy atom. The average molecular weight is 763 g/mol. The first-order valence-corrected chi connectivity index (χ1v) is 21.0. The SMILES string of the molecule is C1=CC2CC=c3ccc(N(c4ccccc4)c4c5ccccc5c(N(c5ccccc5)c5ccc6ccc7cccc8ccc5c6c78)c5ccccc45)c4ccc(c2c34)=C1. The fourth-order valence-corrected chi connectivity index (χ4v) is 10.7. The number of hydrogen-bond acceptors (Lipinski definition) is 2. The van der Waals surface area contributed by atoms with Crippen molar-refractivity contribution in [2.75, 3.05) is 9.80 Å². The first-order valence-electron chi connectivity index (χ1n) is 21.0. The Bertz CT molecular complexity index is 3620. The van der Waals surface area contributed by atoms with Crippen LogP contribution in [0.4, 0.5) is 34.1 Å². The molecule has 60 heavy (non-hydrogen) atoms. The van der Waals surface area contributed by atoms with E-state index in [-0.39, 0.29) is 0 Å². The molecule has 1 atom stereocenters. The number of para-hydroxylation sites is 2.